The number of rotatable bonds is 16. The lowest BCUT2D eigenvalue weighted by molar-refractivity contribution is -0.166. The number of carbonyl (C=O) groups is 4. The van der Waals surface area contributed by atoms with Gasteiger partial charge in [-0.05, 0) is 52.6 Å². The molecule has 0 fully saturated rings. The third-order valence-corrected chi connectivity index (χ3v) is 4.91. The summed E-state index contributed by atoms with van der Waals surface area (Å²) < 4.78 is 14.9. The molecule has 0 aromatic carbocycles. The van der Waals surface area contributed by atoms with E-state index < -0.39 is 60.3 Å². The van der Waals surface area contributed by atoms with Gasteiger partial charge in [0.15, 0.2) is 0 Å². The maximum Gasteiger partial charge on any atom is 0.334 e. The van der Waals surface area contributed by atoms with Crippen LogP contribution in [0.25, 0.3) is 0 Å². The second kappa shape index (κ2) is 16.5. The van der Waals surface area contributed by atoms with Crippen LogP contribution in [0.3, 0.4) is 0 Å². The van der Waals surface area contributed by atoms with E-state index in [1.807, 2.05) is 0 Å². The topological polar surface area (TPSA) is 252 Å². The molecule has 0 aromatic heterocycles. The summed E-state index contributed by atoms with van der Waals surface area (Å²) in [7, 11) is 0. The molecule has 0 aliphatic carbocycles. The van der Waals surface area contributed by atoms with E-state index in [0.29, 0.717) is 45.2 Å². The summed E-state index contributed by atoms with van der Waals surface area (Å²) in [6, 6.07) is -4.69. The predicted molar refractivity (Wildman–Crippen MR) is 120 cm³/mol. The minimum absolute atomic E-state index is 0.297. The van der Waals surface area contributed by atoms with Gasteiger partial charge >= 0.3 is 23.9 Å². The molecule has 0 unspecified atom stereocenters. The highest BCUT2D eigenvalue weighted by Crippen LogP contribution is 2.08. The molecule has 6 atom stereocenters. The number of hydrogen-bond acceptors (Lipinski definition) is 13. The van der Waals surface area contributed by atoms with E-state index in [9.17, 15) is 19.2 Å². The van der Waals surface area contributed by atoms with E-state index in [-0.39, 0.29) is 0 Å². The van der Waals surface area contributed by atoms with Crippen molar-refractivity contribution in [3.63, 3.8) is 0 Å². The quantitative estimate of drug-likeness (QED) is 0.0583. The van der Waals surface area contributed by atoms with Gasteiger partial charge < -0.3 is 48.6 Å². The van der Waals surface area contributed by atoms with Crippen LogP contribution in [-0.4, -0.2) is 73.3 Å². The van der Waals surface area contributed by atoms with Gasteiger partial charge in [-0.3, -0.25) is 9.59 Å². The van der Waals surface area contributed by atoms with Crippen LogP contribution in [0.1, 0.15) is 52.4 Å². The van der Waals surface area contributed by atoms with Crippen LogP contribution in [-0.2, 0) is 33.4 Å². The van der Waals surface area contributed by atoms with E-state index in [4.69, 9.17) is 43.9 Å². The molecule has 33 heavy (non-hydrogen) atoms. The summed E-state index contributed by atoms with van der Waals surface area (Å²) in [5, 5.41) is 0. The Bertz CT molecular complexity index is 636. The van der Waals surface area contributed by atoms with Crippen LogP contribution in [0, 0.1) is 0 Å². The average Bonchev–Trinajstić information content (AvgIpc) is 2.77. The van der Waals surface area contributed by atoms with Crippen LogP contribution < -0.4 is 34.4 Å². The molecule has 0 aromatic rings. The molecule has 0 heterocycles. The van der Waals surface area contributed by atoms with E-state index in [1.165, 1.54) is 13.8 Å². The average molecular weight is 477 g/mol. The predicted octanol–water partition coefficient (Wildman–Crippen LogP) is -2.51. The van der Waals surface area contributed by atoms with E-state index in [2.05, 4.69) is 4.74 Å². The van der Waals surface area contributed by atoms with Crippen molar-refractivity contribution in [1.82, 2.24) is 0 Å². The van der Waals surface area contributed by atoms with Gasteiger partial charge in [-0.1, -0.05) is 12.8 Å². The van der Waals surface area contributed by atoms with Crippen LogP contribution >= 0.6 is 0 Å². The zero-order valence-corrected chi connectivity index (χ0v) is 19.4. The van der Waals surface area contributed by atoms with Gasteiger partial charge in [-0.25, -0.2) is 9.59 Å². The maximum atomic E-state index is 12.3. The summed E-state index contributed by atoms with van der Waals surface area (Å²) in [6.45, 7) is 3.67. The number of esters is 4. The standard InChI is InChI=1S/C20H40N6O7/c1-11(31-17(27)13(23)7-3-5-9-21)15(25)19(29)32-12(2)16(26)20(30)33-18(28)14(24)8-4-6-10-22/h11-16H,3-10,21-26H2,1-2H3/t11-,12-,13+,14+,15+,16+/m1/s1. The highest BCUT2D eigenvalue weighted by atomic mass is 16.6. The van der Waals surface area contributed by atoms with Gasteiger partial charge in [-0.2, -0.15) is 0 Å². The highest BCUT2D eigenvalue weighted by Gasteiger charge is 2.33. The van der Waals surface area contributed by atoms with Crippen molar-refractivity contribution in [3.05, 3.63) is 0 Å². The molecule has 0 spiro atoms. The normalized spacial score (nSPS) is 16.6. The largest absolute Gasteiger partial charge is 0.459 e. The van der Waals surface area contributed by atoms with Crippen molar-refractivity contribution in [2.75, 3.05) is 13.1 Å². The van der Waals surface area contributed by atoms with Crippen molar-refractivity contribution < 1.29 is 33.4 Å². The number of ether oxygens (including phenoxy) is 3. The third-order valence-electron chi connectivity index (χ3n) is 4.91. The van der Waals surface area contributed by atoms with Crippen LogP contribution in [0.4, 0.5) is 0 Å². The number of carbonyl (C=O) groups excluding carboxylic acids is 4. The molecule has 0 amide bonds. The molecular weight excluding hydrogens is 436 g/mol. The van der Waals surface area contributed by atoms with E-state index >= 15 is 0 Å². The Labute approximate surface area is 194 Å². The van der Waals surface area contributed by atoms with Crippen molar-refractivity contribution in [3.8, 4) is 0 Å². The van der Waals surface area contributed by atoms with Crippen LogP contribution in [0.2, 0.25) is 0 Å². The third kappa shape index (κ3) is 12.0. The molecule has 0 bridgehead atoms. The lowest BCUT2D eigenvalue weighted by atomic mass is 10.1. The van der Waals surface area contributed by atoms with Gasteiger partial charge in [0.25, 0.3) is 0 Å². The van der Waals surface area contributed by atoms with Gasteiger partial charge in [-0.15, -0.1) is 0 Å². The van der Waals surface area contributed by atoms with Crippen LogP contribution in [0.5, 0.6) is 0 Å². The molecule has 0 rings (SSSR count). The van der Waals surface area contributed by atoms with Gasteiger partial charge in [0.05, 0.1) is 0 Å². The maximum absolute atomic E-state index is 12.3. The first-order valence-electron chi connectivity index (χ1n) is 11.0. The van der Waals surface area contributed by atoms with Crippen molar-refractivity contribution in [1.29, 1.82) is 0 Å². The molecule has 13 heteroatoms. The van der Waals surface area contributed by atoms with Crippen molar-refractivity contribution in [2.45, 2.75) is 88.7 Å². The minimum atomic E-state index is -1.46. The zero-order chi connectivity index (χ0) is 25.6. The molecule has 0 saturated carbocycles. The first-order chi connectivity index (χ1) is 15.5. The summed E-state index contributed by atoms with van der Waals surface area (Å²) in [5.74, 6) is -3.72. The summed E-state index contributed by atoms with van der Waals surface area (Å²) in [5.41, 5.74) is 33.7. The Morgan fingerprint density at radius 3 is 1.45 bits per heavy atom. The monoisotopic (exact) mass is 476 g/mol. The zero-order valence-electron chi connectivity index (χ0n) is 19.4. The fourth-order valence-corrected chi connectivity index (χ4v) is 2.56. The van der Waals surface area contributed by atoms with E-state index in [0.717, 1.165) is 6.42 Å². The van der Waals surface area contributed by atoms with Crippen LogP contribution in [0.15, 0.2) is 0 Å². The summed E-state index contributed by atoms with van der Waals surface area (Å²) in [6.07, 6.45) is 1.09. The molecule has 0 aliphatic heterocycles. The first kappa shape index (κ1) is 30.8. The molecular formula is C20H40N6O7. The van der Waals surface area contributed by atoms with Gasteiger partial charge in [0.2, 0.25) is 0 Å². The van der Waals surface area contributed by atoms with Gasteiger partial charge in [0, 0.05) is 0 Å². The minimum Gasteiger partial charge on any atom is -0.459 e. The smallest absolute Gasteiger partial charge is 0.334 e. The Hall–Kier alpha value is -2.16. The Balaban J connectivity index is 4.61. The molecule has 192 valence electrons. The number of nitrogens with two attached hydrogens (primary N) is 6. The fraction of sp³-hybridized carbons (Fsp3) is 0.800. The van der Waals surface area contributed by atoms with E-state index in [1.54, 1.807) is 0 Å². The Morgan fingerprint density at radius 2 is 1.00 bits per heavy atom. The first-order valence-corrected chi connectivity index (χ1v) is 11.0. The lowest BCUT2D eigenvalue weighted by Crippen LogP contribution is -2.50. The Kier molecular flexibility index (Phi) is 15.4. The molecule has 0 saturated heterocycles. The second-order valence-corrected chi connectivity index (χ2v) is 7.86. The molecule has 12 N–H and O–H groups in total. The van der Waals surface area contributed by atoms with Gasteiger partial charge in [0.1, 0.15) is 36.4 Å². The van der Waals surface area contributed by atoms with Crippen molar-refractivity contribution in [2.24, 2.45) is 34.4 Å². The fourth-order valence-electron chi connectivity index (χ4n) is 2.56. The molecule has 13 nitrogen and oxygen atoms in total. The lowest BCUT2D eigenvalue weighted by Gasteiger charge is -2.24. The number of unbranched alkanes of at least 4 members (excludes halogenated alkanes) is 2. The van der Waals surface area contributed by atoms with Crippen molar-refractivity contribution >= 4 is 23.9 Å². The summed E-state index contributed by atoms with van der Waals surface area (Å²) in [4.78, 5) is 48.3. The SMILES string of the molecule is C[C@@H](OC(=O)[C@@H](N)[C@@H](C)OC(=O)[C@@H](N)CCCCN)[C@H](N)C(=O)OC(=O)[C@@H](N)CCCCN. The number of hydrogen-bond donors (Lipinski definition) is 6. The second-order valence-electron chi connectivity index (χ2n) is 7.86. The molecule has 0 aliphatic rings. The Morgan fingerprint density at radius 1 is 0.606 bits per heavy atom. The molecule has 0 radical (unpaired) electrons. The highest BCUT2D eigenvalue weighted by molar-refractivity contribution is 5.91. The summed E-state index contributed by atoms with van der Waals surface area (Å²) >= 11 is 0.